The van der Waals surface area contributed by atoms with E-state index < -0.39 is 0 Å². The summed E-state index contributed by atoms with van der Waals surface area (Å²) in [7, 11) is 1.88. The molecule has 2 aromatic heterocycles. The zero-order chi connectivity index (χ0) is 14.2. The molecule has 6 nitrogen and oxygen atoms in total. The fraction of sp³-hybridized carbons (Fsp3) is 0.357. The van der Waals surface area contributed by atoms with Crippen LogP contribution in [0.1, 0.15) is 18.4 Å². The Balaban J connectivity index is 0.00000220. The molecule has 1 amide bonds. The van der Waals surface area contributed by atoms with Crippen LogP contribution in [0.15, 0.2) is 37.1 Å². The normalized spacial score (nSPS) is 9.50. The van der Waals surface area contributed by atoms with Gasteiger partial charge in [-0.1, -0.05) is 6.07 Å². The van der Waals surface area contributed by atoms with Crippen LogP contribution in [0.5, 0.6) is 0 Å². The molecule has 122 valence electrons. The Morgan fingerprint density at radius 3 is 2.82 bits per heavy atom. The minimum atomic E-state index is 0. The Kier molecular flexibility index (Phi) is 10.2. The monoisotopic (exact) mass is 345 g/mol. The predicted octanol–water partition coefficient (Wildman–Crippen LogP) is 1.73. The number of imidazole rings is 1. The van der Waals surface area contributed by atoms with Crippen molar-refractivity contribution in [1.82, 2.24) is 25.2 Å². The number of nitrogens with zero attached hydrogens (tertiary/aromatic N) is 3. The minimum Gasteiger partial charge on any atom is -0.352 e. The number of amides is 1. The molecule has 2 rings (SSSR count). The molecule has 0 aliphatic heterocycles. The number of carbonyl (C=O) groups is 1. The summed E-state index contributed by atoms with van der Waals surface area (Å²) >= 11 is 0. The van der Waals surface area contributed by atoms with Crippen molar-refractivity contribution >= 4 is 30.7 Å². The summed E-state index contributed by atoms with van der Waals surface area (Å²) in [6.07, 6.45) is 8.33. The third kappa shape index (κ3) is 6.01. The number of halogens is 2. The molecule has 2 heterocycles. The zero-order valence-electron chi connectivity index (χ0n) is 12.4. The van der Waals surface area contributed by atoms with Gasteiger partial charge in [0.15, 0.2) is 0 Å². The maximum atomic E-state index is 11.7. The van der Waals surface area contributed by atoms with Crippen molar-refractivity contribution in [1.29, 1.82) is 0 Å². The second-order valence-corrected chi connectivity index (χ2v) is 4.44. The first-order valence-electron chi connectivity index (χ1n) is 6.65. The number of hydrogen-bond acceptors (Lipinski definition) is 4. The Bertz CT molecular complexity index is 548. The molecule has 0 aliphatic rings. The summed E-state index contributed by atoms with van der Waals surface area (Å²) in [5, 5.41) is 5.94. The third-order valence-electron chi connectivity index (χ3n) is 2.92. The van der Waals surface area contributed by atoms with Crippen LogP contribution in [-0.4, -0.2) is 34.0 Å². The van der Waals surface area contributed by atoms with Gasteiger partial charge in [-0.15, -0.1) is 24.8 Å². The summed E-state index contributed by atoms with van der Waals surface area (Å²) in [4.78, 5) is 20.1. The third-order valence-corrected chi connectivity index (χ3v) is 2.92. The molecule has 2 N–H and O–H groups in total. The number of hydrogen-bond donors (Lipinski definition) is 2. The molecule has 0 saturated carbocycles. The minimum absolute atomic E-state index is 0. The standard InChI is InChI=1S/C14H19N5O.2ClH/c1-15-6-3-5-13(20)18-10-12-4-2-7-17-14(12)19-9-8-16-11-19;;/h2,4,7-9,11,15H,3,5-6,10H2,1H3,(H,18,20);2*1H. The van der Waals surface area contributed by atoms with Crippen molar-refractivity contribution < 1.29 is 4.79 Å². The van der Waals surface area contributed by atoms with E-state index in [1.165, 1.54) is 0 Å². The van der Waals surface area contributed by atoms with Gasteiger partial charge in [0.25, 0.3) is 0 Å². The maximum Gasteiger partial charge on any atom is 0.220 e. The highest BCUT2D eigenvalue weighted by atomic mass is 35.5. The second-order valence-electron chi connectivity index (χ2n) is 4.44. The van der Waals surface area contributed by atoms with Crippen LogP contribution in [0, 0.1) is 0 Å². The van der Waals surface area contributed by atoms with E-state index in [0.29, 0.717) is 13.0 Å². The van der Waals surface area contributed by atoms with Gasteiger partial charge in [0.2, 0.25) is 5.91 Å². The van der Waals surface area contributed by atoms with Gasteiger partial charge in [-0.3, -0.25) is 9.36 Å². The molecule has 0 aliphatic carbocycles. The van der Waals surface area contributed by atoms with Crippen LogP contribution < -0.4 is 10.6 Å². The topological polar surface area (TPSA) is 71.8 Å². The maximum absolute atomic E-state index is 11.7. The number of carbonyl (C=O) groups excluding carboxylic acids is 1. The lowest BCUT2D eigenvalue weighted by atomic mass is 10.2. The quantitative estimate of drug-likeness (QED) is 0.749. The molecule has 2 aromatic rings. The van der Waals surface area contributed by atoms with E-state index >= 15 is 0 Å². The highest BCUT2D eigenvalue weighted by Crippen LogP contribution is 2.10. The first-order valence-corrected chi connectivity index (χ1v) is 6.65. The first kappa shape index (κ1) is 20.4. The lowest BCUT2D eigenvalue weighted by Gasteiger charge is -2.10. The number of nitrogens with one attached hydrogen (secondary N) is 2. The van der Waals surface area contributed by atoms with Gasteiger partial charge in [-0.25, -0.2) is 9.97 Å². The number of rotatable bonds is 7. The van der Waals surface area contributed by atoms with Gasteiger partial charge in [-0.2, -0.15) is 0 Å². The summed E-state index contributed by atoms with van der Waals surface area (Å²) in [6.45, 7) is 1.32. The van der Waals surface area contributed by atoms with Crippen LogP contribution >= 0.6 is 24.8 Å². The van der Waals surface area contributed by atoms with Gasteiger partial charge < -0.3 is 10.6 Å². The Labute approximate surface area is 142 Å². The summed E-state index contributed by atoms with van der Waals surface area (Å²) < 4.78 is 1.84. The predicted molar refractivity (Wildman–Crippen MR) is 90.9 cm³/mol. The van der Waals surface area contributed by atoms with Crippen LogP contribution in [-0.2, 0) is 11.3 Å². The molecule has 0 bridgehead atoms. The summed E-state index contributed by atoms with van der Waals surface area (Å²) in [5.74, 6) is 0.848. The molecule has 0 radical (unpaired) electrons. The zero-order valence-corrected chi connectivity index (χ0v) is 14.0. The van der Waals surface area contributed by atoms with E-state index in [4.69, 9.17) is 0 Å². The van der Waals surface area contributed by atoms with Crippen LogP contribution in [0.4, 0.5) is 0 Å². The fourth-order valence-corrected chi connectivity index (χ4v) is 1.89. The first-order chi connectivity index (χ1) is 9.81. The average Bonchev–Trinajstić information content (AvgIpc) is 3.00. The molecule has 0 atom stereocenters. The molecule has 0 saturated heterocycles. The Hall–Kier alpha value is -1.63. The van der Waals surface area contributed by atoms with Crippen LogP contribution in [0.2, 0.25) is 0 Å². The van der Waals surface area contributed by atoms with Crippen LogP contribution in [0.25, 0.3) is 5.82 Å². The van der Waals surface area contributed by atoms with Crippen molar-refractivity contribution in [3.05, 3.63) is 42.6 Å². The van der Waals surface area contributed by atoms with E-state index in [2.05, 4.69) is 20.6 Å². The van der Waals surface area contributed by atoms with E-state index in [0.717, 1.165) is 24.3 Å². The fourth-order valence-electron chi connectivity index (χ4n) is 1.89. The van der Waals surface area contributed by atoms with Crippen LogP contribution in [0.3, 0.4) is 0 Å². The van der Waals surface area contributed by atoms with Gasteiger partial charge in [0.1, 0.15) is 12.1 Å². The lowest BCUT2D eigenvalue weighted by molar-refractivity contribution is -0.121. The molecule has 0 spiro atoms. The van der Waals surface area contributed by atoms with Gasteiger partial charge in [0, 0.05) is 37.1 Å². The highest BCUT2D eigenvalue weighted by Gasteiger charge is 2.07. The SMILES string of the molecule is CNCCCC(=O)NCc1cccnc1-n1ccnc1.Cl.Cl. The summed E-state index contributed by atoms with van der Waals surface area (Å²) in [6, 6.07) is 3.82. The molecule has 8 heteroatoms. The molecular formula is C14H21Cl2N5O. The Morgan fingerprint density at radius 2 is 2.14 bits per heavy atom. The van der Waals surface area contributed by atoms with Gasteiger partial charge in [-0.05, 0) is 26.1 Å². The van der Waals surface area contributed by atoms with Gasteiger partial charge >= 0.3 is 0 Å². The van der Waals surface area contributed by atoms with Crippen molar-refractivity contribution in [2.45, 2.75) is 19.4 Å². The largest absolute Gasteiger partial charge is 0.352 e. The molecule has 0 fully saturated rings. The van der Waals surface area contributed by atoms with E-state index in [1.807, 2.05) is 29.9 Å². The van der Waals surface area contributed by atoms with E-state index in [9.17, 15) is 4.79 Å². The highest BCUT2D eigenvalue weighted by molar-refractivity contribution is 5.85. The Morgan fingerprint density at radius 1 is 1.32 bits per heavy atom. The van der Waals surface area contributed by atoms with Crippen molar-refractivity contribution in [3.8, 4) is 5.82 Å². The van der Waals surface area contributed by atoms with Crippen molar-refractivity contribution in [2.24, 2.45) is 0 Å². The summed E-state index contributed by atoms with van der Waals surface area (Å²) in [5.41, 5.74) is 0.965. The van der Waals surface area contributed by atoms with E-state index in [-0.39, 0.29) is 30.7 Å². The molecule has 0 unspecified atom stereocenters. The molecular weight excluding hydrogens is 325 g/mol. The average molecular weight is 346 g/mol. The number of aromatic nitrogens is 3. The molecule has 0 aromatic carbocycles. The number of pyridine rings is 1. The van der Waals surface area contributed by atoms with Crippen molar-refractivity contribution in [3.63, 3.8) is 0 Å². The van der Waals surface area contributed by atoms with E-state index in [1.54, 1.807) is 18.7 Å². The molecule has 22 heavy (non-hydrogen) atoms. The van der Waals surface area contributed by atoms with Gasteiger partial charge in [0.05, 0.1) is 0 Å². The second kappa shape index (κ2) is 11.0. The smallest absolute Gasteiger partial charge is 0.220 e. The lowest BCUT2D eigenvalue weighted by Crippen LogP contribution is -2.24. The van der Waals surface area contributed by atoms with Crippen molar-refractivity contribution in [2.75, 3.05) is 13.6 Å².